The topological polar surface area (TPSA) is 99.4 Å². The molecule has 0 saturated carbocycles. The fourth-order valence-electron chi connectivity index (χ4n) is 6.26. The molecule has 1 atom stereocenters. The van der Waals surface area contributed by atoms with E-state index in [1.54, 1.807) is 6.92 Å². The summed E-state index contributed by atoms with van der Waals surface area (Å²) in [5.74, 6) is 0.0635. The highest BCUT2D eigenvalue weighted by Gasteiger charge is 2.29. The van der Waals surface area contributed by atoms with Gasteiger partial charge in [0.2, 0.25) is 5.91 Å². The van der Waals surface area contributed by atoms with Crippen molar-refractivity contribution in [2.75, 3.05) is 26.2 Å². The molecule has 0 bridgehead atoms. The second-order valence-corrected chi connectivity index (χ2v) is 12.1. The zero-order valence-electron chi connectivity index (χ0n) is 22.9. The van der Waals surface area contributed by atoms with Gasteiger partial charge in [0.25, 0.3) is 0 Å². The number of β-amino-alcohol motifs (C(OH)–C–C–N with tert-alkyl or cyclic N) is 1. The lowest BCUT2D eigenvalue weighted by Crippen LogP contribution is -2.42. The van der Waals surface area contributed by atoms with Gasteiger partial charge in [0, 0.05) is 73.4 Å². The first kappa shape index (κ1) is 27.0. The first-order chi connectivity index (χ1) is 19.3. The molecule has 10 heteroatoms. The molecule has 6 rings (SSSR count). The Morgan fingerprint density at radius 3 is 2.60 bits per heavy atom. The number of carbonyl (C=O) groups excluding carboxylic acids is 1. The molecule has 210 valence electrons. The molecule has 4 aromatic rings. The molecule has 9 nitrogen and oxygen atoms in total. The van der Waals surface area contributed by atoms with Crippen LogP contribution in [0, 0.1) is 6.92 Å². The molecule has 2 N–H and O–H groups in total. The van der Waals surface area contributed by atoms with Gasteiger partial charge in [-0.25, -0.2) is 4.79 Å². The van der Waals surface area contributed by atoms with E-state index in [0.29, 0.717) is 26.2 Å². The van der Waals surface area contributed by atoms with E-state index >= 15 is 0 Å². The van der Waals surface area contributed by atoms with Gasteiger partial charge in [-0.1, -0.05) is 34.1 Å². The number of aliphatic hydroxyl groups is 1. The third-order valence-corrected chi connectivity index (χ3v) is 8.87. The average Bonchev–Trinajstić information content (AvgIpc) is 3.45. The molecule has 2 aliphatic heterocycles. The zero-order chi connectivity index (χ0) is 28.0. The number of halogens is 1. The Labute approximate surface area is 241 Å². The van der Waals surface area contributed by atoms with Crippen molar-refractivity contribution in [2.45, 2.75) is 58.3 Å². The number of benzene rings is 2. The van der Waals surface area contributed by atoms with Gasteiger partial charge in [-0.2, -0.15) is 5.10 Å². The predicted molar refractivity (Wildman–Crippen MR) is 158 cm³/mol. The van der Waals surface area contributed by atoms with E-state index in [2.05, 4.69) is 31.9 Å². The van der Waals surface area contributed by atoms with E-state index in [1.165, 1.54) is 0 Å². The highest BCUT2D eigenvalue weighted by molar-refractivity contribution is 9.10. The SMILES string of the molecule is CC(=O)N1CCc2c(c(-c3ccc(Br)cc3)nn2CC(O)CN2CCC(n3c(=O)[nH]c4ccc(C)cc43)CC2)C1. The van der Waals surface area contributed by atoms with Gasteiger partial charge < -0.3 is 19.9 Å². The molecular formula is C30H35BrN6O3. The van der Waals surface area contributed by atoms with Crippen LogP contribution in [-0.2, 0) is 24.3 Å². The number of aromatic amines is 1. The lowest BCUT2D eigenvalue weighted by atomic mass is 10.0. The van der Waals surface area contributed by atoms with Gasteiger partial charge in [0.1, 0.15) is 0 Å². The number of nitrogens with one attached hydrogen (secondary N) is 1. The molecule has 1 fully saturated rings. The Morgan fingerprint density at radius 2 is 1.88 bits per heavy atom. The predicted octanol–water partition coefficient (Wildman–Crippen LogP) is 3.87. The summed E-state index contributed by atoms with van der Waals surface area (Å²) < 4.78 is 4.87. The van der Waals surface area contributed by atoms with Crippen LogP contribution in [-0.4, -0.2) is 72.4 Å². The van der Waals surface area contributed by atoms with Crippen LogP contribution in [0.5, 0.6) is 0 Å². The number of aliphatic hydroxyl groups excluding tert-OH is 1. The monoisotopic (exact) mass is 606 g/mol. The third kappa shape index (κ3) is 5.27. The first-order valence-corrected chi connectivity index (χ1v) is 14.8. The van der Waals surface area contributed by atoms with E-state index in [-0.39, 0.29) is 17.6 Å². The van der Waals surface area contributed by atoms with Gasteiger partial charge in [0.05, 0.1) is 29.4 Å². The van der Waals surface area contributed by atoms with Crippen LogP contribution in [0.3, 0.4) is 0 Å². The van der Waals surface area contributed by atoms with E-state index < -0.39 is 6.10 Å². The maximum absolute atomic E-state index is 12.7. The van der Waals surface area contributed by atoms with Crippen LogP contribution in [0.4, 0.5) is 0 Å². The van der Waals surface area contributed by atoms with E-state index in [0.717, 1.165) is 75.9 Å². The summed E-state index contributed by atoms with van der Waals surface area (Å²) in [6.07, 6.45) is 1.86. The number of imidazole rings is 1. The molecule has 0 radical (unpaired) electrons. The average molecular weight is 608 g/mol. The van der Waals surface area contributed by atoms with Crippen molar-refractivity contribution >= 4 is 32.9 Å². The number of piperidine rings is 1. The summed E-state index contributed by atoms with van der Waals surface area (Å²) in [4.78, 5) is 32.0. The van der Waals surface area contributed by atoms with Gasteiger partial charge in [-0.05, 0) is 49.6 Å². The van der Waals surface area contributed by atoms with Gasteiger partial charge in [-0.15, -0.1) is 0 Å². The van der Waals surface area contributed by atoms with E-state index in [1.807, 2.05) is 57.5 Å². The standard InChI is InChI=1S/C30H35BrN6O3/c1-19-3-8-26-28(15-19)37(30(40)32-26)23-9-12-34(13-10-23)16-24(39)17-36-27-11-14-35(20(2)38)18-25(27)29(33-36)21-4-6-22(31)7-5-21/h3-8,15,23-24,39H,9-14,16-18H2,1-2H3,(H,32,40). The van der Waals surface area contributed by atoms with Crippen LogP contribution in [0.2, 0.25) is 0 Å². The highest BCUT2D eigenvalue weighted by atomic mass is 79.9. The van der Waals surface area contributed by atoms with Crippen molar-refractivity contribution in [3.05, 3.63) is 74.2 Å². The largest absolute Gasteiger partial charge is 0.390 e. The number of likely N-dealkylation sites (tertiary alicyclic amines) is 1. The molecular weight excluding hydrogens is 572 g/mol. The molecule has 2 aromatic carbocycles. The van der Waals surface area contributed by atoms with Crippen LogP contribution in [0.15, 0.2) is 51.7 Å². The number of hydrogen-bond donors (Lipinski definition) is 2. The number of fused-ring (bicyclic) bond motifs is 2. The Bertz CT molecular complexity index is 1600. The number of rotatable bonds is 6. The second-order valence-electron chi connectivity index (χ2n) is 11.2. The Kier molecular flexibility index (Phi) is 7.41. The van der Waals surface area contributed by atoms with Crippen molar-refractivity contribution in [3.63, 3.8) is 0 Å². The molecule has 1 saturated heterocycles. The summed E-state index contributed by atoms with van der Waals surface area (Å²) in [6, 6.07) is 14.3. The summed E-state index contributed by atoms with van der Waals surface area (Å²) in [5.41, 5.74) is 6.98. The number of nitrogens with zero attached hydrogens (tertiary/aromatic N) is 5. The van der Waals surface area contributed by atoms with Gasteiger partial charge in [-0.3, -0.25) is 14.0 Å². The van der Waals surface area contributed by atoms with Crippen LogP contribution >= 0.6 is 15.9 Å². The quantitative estimate of drug-likeness (QED) is 0.347. The van der Waals surface area contributed by atoms with E-state index in [9.17, 15) is 14.7 Å². The van der Waals surface area contributed by atoms with E-state index in [4.69, 9.17) is 5.10 Å². The van der Waals surface area contributed by atoms with Crippen LogP contribution < -0.4 is 5.69 Å². The number of amides is 1. The summed E-state index contributed by atoms with van der Waals surface area (Å²) in [6.45, 7) is 7.44. The van der Waals surface area contributed by atoms with Crippen molar-refractivity contribution in [3.8, 4) is 11.3 Å². The number of hydrogen-bond acceptors (Lipinski definition) is 5. The smallest absolute Gasteiger partial charge is 0.326 e. The number of aromatic nitrogens is 4. The molecule has 2 aliphatic rings. The summed E-state index contributed by atoms with van der Waals surface area (Å²) in [5, 5.41) is 16.1. The second kappa shape index (κ2) is 11.0. The summed E-state index contributed by atoms with van der Waals surface area (Å²) in [7, 11) is 0. The molecule has 4 heterocycles. The molecule has 0 spiro atoms. The molecule has 1 unspecified atom stereocenters. The zero-order valence-corrected chi connectivity index (χ0v) is 24.5. The Balaban J connectivity index is 1.15. The Hall–Kier alpha value is -3.21. The maximum Gasteiger partial charge on any atom is 0.326 e. The number of aryl methyl sites for hydroxylation is 1. The fraction of sp³-hybridized carbons (Fsp3) is 0.433. The first-order valence-electron chi connectivity index (χ1n) is 14.0. The fourth-order valence-corrected chi connectivity index (χ4v) is 6.52. The van der Waals surface area contributed by atoms with Crippen molar-refractivity contribution in [1.82, 2.24) is 29.1 Å². The lowest BCUT2D eigenvalue weighted by molar-refractivity contribution is -0.129. The normalized spacial score (nSPS) is 17.4. The van der Waals surface area contributed by atoms with Crippen molar-refractivity contribution in [2.24, 2.45) is 0 Å². The van der Waals surface area contributed by atoms with Gasteiger partial charge >= 0.3 is 5.69 Å². The molecule has 2 aromatic heterocycles. The van der Waals surface area contributed by atoms with Crippen LogP contribution in [0.1, 0.15) is 42.6 Å². The number of carbonyl (C=O) groups is 1. The third-order valence-electron chi connectivity index (χ3n) is 8.35. The summed E-state index contributed by atoms with van der Waals surface area (Å²) >= 11 is 3.50. The minimum absolute atomic E-state index is 0.0487. The van der Waals surface area contributed by atoms with Gasteiger partial charge in [0.15, 0.2) is 0 Å². The Morgan fingerprint density at radius 1 is 1.12 bits per heavy atom. The lowest BCUT2D eigenvalue weighted by Gasteiger charge is -2.33. The minimum Gasteiger partial charge on any atom is -0.390 e. The maximum atomic E-state index is 12.7. The van der Waals surface area contributed by atoms with Crippen molar-refractivity contribution < 1.29 is 9.90 Å². The molecule has 40 heavy (non-hydrogen) atoms. The molecule has 0 aliphatic carbocycles. The van der Waals surface area contributed by atoms with Crippen molar-refractivity contribution in [1.29, 1.82) is 0 Å². The minimum atomic E-state index is -0.581. The van der Waals surface area contributed by atoms with Crippen LogP contribution in [0.25, 0.3) is 22.3 Å². The highest BCUT2D eigenvalue weighted by Crippen LogP contribution is 2.31. The molecule has 1 amide bonds. The number of H-pyrrole nitrogens is 1.